The van der Waals surface area contributed by atoms with Crippen LogP contribution in [0.15, 0.2) is 84.8 Å². The topological polar surface area (TPSA) is 57.8 Å². The predicted molar refractivity (Wildman–Crippen MR) is 120 cm³/mol. The summed E-state index contributed by atoms with van der Waals surface area (Å²) >= 11 is 1.62. The van der Waals surface area contributed by atoms with Crippen molar-refractivity contribution in [2.45, 2.75) is 24.0 Å². The minimum Gasteiger partial charge on any atom is -0.496 e. The normalized spacial score (nSPS) is 10.8. The quantitative estimate of drug-likeness (QED) is 0.292. The van der Waals surface area contributed by atoms with E-state index in [9.17, 15) is 0 Å². The fourth-order valence-corrected chi connectivity index (χ4v) is 4.17. The van der Waals surface area contributed by atoms with Crippen LogP contribution in [-0.4, -0.2) is 31.4 Å². The monoisotopic (exact) mass is 417 g/mol. The van der Waals surface area contributed by atoms with Gasteiger partial charge in [0.05, 0.1) is 18.4 Å². The van der Waals surface area contributed by atoms with Gasteiger partial charge in [0.15, 0.2) is 11.0 Å². The smallest absolute Gasteiger partial charge is 0.192 e. The molecule has 0 aliphatic rings. The number of thioether (sulfide) groups is 1. The van der Waals surface area contributed by atoms with Crippen LogP contribution in [0.2, 0.25) is 0 Å². The summed E-state index contributed by atoms with van der Waals surface area (Å²) < 4.78 is 9.73. The molecule has 4 aromatic rings. The second kappa shape index (κ2) is 9.45. The van der Waals surface area contributed by atoms with E-state index in [0.29, 0.717) is 12.3 Å². The van der Waals surface area contributed by atoms with Gasteiger partial charge in [-0.25, -0.2) is 4.98 Å². The van der Waals surface area contributed by atoms with Crippen molar-refractivity contribution in [3.8, 4) is 17.1 Å². The van der Waals surface area contributed by atoms with Gasteiger partial charge in [0.25, 0.3) is 0 Å². The Morgan fingerprint density at radius 2 is 1.87 bits per heavy atom. The van der Waals surface area contributed by atoms with Crippen molar-refractivity contribution in [3.05, 3.63) is 91.0 Å². The molecule has 0 radical (unpaired) electrons. The first-order valence-electron chi connectivity index (χ1n) is 9.64. The molecule has 2 heterocycles. The van der Waals surface area contributed by atoms with E-state index in [4.69, 9.17) is 4.74 Å². The molecule has 0 atom stereocenters. The van der Waals surface area contributed by atoms with Crippen molar-refractivity contribution in [1.82, 2.24) is 24.3 Å². The summed E-state index contributed by atoms with van der Waals surface area (Å²) in [4.78, 5) is 4.54. The standard InChI is InChI=1S/C23H23N5OS/c1-3-14-28-22(19-11-7-8-12-20(19)29-2)25-26-23(28)30-17-21-24-13-15-27(21)16-18-9-5-4-6-10-18/h3-13,15H,1,14,16-17H2,2H3. The molecule has 152 valence electrons. The molecule has 7 heteroatoms. The summed E-state index contributed by atoms with van der Waals surface area (Å²) in [6.07, 6.45) is 5.70. The summed E-state index contributed by atoms with van der Waals surface area (Å²) in [5, 5.41) is 9.70. The number of ether oxygens (including phenoxy) is 1. The number of nitrogens with zero attached hydrogens (tertiary/aromatic N) is 5. The van der Waals surface area contributed by atoms with Crippen LogP contribution in [0.3, 0.4) is 0 Å². The van der Waals surface area contributed by atoms with Crippen molar-refractivity contribution >= 4 is 11.8 Å². The van der Waals surface area contributed by atoms with Gasteiger partial charge < -0.3 is 9.30 Å². The molecule has 0 unspecified atom stereocenters. The SMILES string of the molecule is C=CCn1c(SCc2nccn2Cc2ccccc2)nnc1-c1ccccc1OC. The lowest BCUT2D eigenvalue weighted by atomic mass is 10.2. The van der Waals surface area contributed by atoms with Crippen molar-refractivity contribution < 1.29 is 4.74 Å². The van der Waals surface area contributed by atoms with E-state index in [1.54, 1.807) is 18.9 Å². The number of hydrogen-bond donors (Lipinski definition) is 0. The highest BCUT2D eigenvalue weighted by atomic mass is 32.2. The Hall–Kier alpha value is -3.32. The van der Waals surface area contributed by atoms with Gasteiger partial charge in [-0.15, -0.1) is 16.8 Å². The van der Waals surface area contributed by atoms with E-state index in [2.05, 4.69) is 55.2 Å². The lowest BCUT2D eigenvalue weighted by Crippen LogP contribution is -2.05. The molecule has 4 rings (SSSR count). The zero-order valence-electron chi connectivity index (χ0n) is 16.8. The molecule has 0 fully saturated rings. The number of allylic oxidation sites excluding steroid dienone is 1. The van der Waals surface area contributed by atoms with Crippen LogP contribution in [0.25, 0.3) is 11.4 Å². The Kier molecular flexibility index (Phi) is 6.29. The highest BCUT2D eigenvalue weighted by Crippen LogP contribution is 2.31. The molecule has 0 aliphatic carbocycles. The van der Waals surface area contributed by atoms with Crippen LogP contribution in [0.1, 0.15) is 11.4 Å². The third-order valence-corrected chi connectivity index (χ3v) is 5.67. The molecule has 2 aromatic heterocycles. The number of imidazole rings is 1. The first-order valence-corrected chi connectivity index (χ1v) is 10.6. The van der Waals surface area contributed by atoms with Gasteiger partial charge in [0, 0.05) is 25.5 Å². The number of methoxy groups -OCH3 is 1. The number of benzene rings is 2. The molecule has 0 N–H and O–H groups in total. The van der Waals surface area contributed by atoms with E-state index < -0.39 is 0 Å². The highest BCUT2D eigenvalue weighted by molar-refractivity contribution is 7.98. The van der Waals surface area contributed by atoms with Gasteiger partial charge >= 0.3 is 0 Å². The lowest BCUT2D eigenvalue weighted by Gasteiger charge is -2.11. The van der Waals surface area contributed by atoms with E-state index in [1.807, 2.05) is 48.8 Å². The molecule has 6 nitrogen and oxygen atoms in total. The average molecular weight is 418 g/mol. The summed E-state index contributed by atoms with van der Waals surface area (Å²) in [5.74, 6) is 3.23. The third kappa shape index (κ3) is 4.31. The molecule has 0 amide bonds. The molecule has 2 aromatic carbocycles. The highest BCUT2D eigenvalue weighted by Gasteiger charge is 2.17. The Labute approximate surface area is 180 Å². The maximum Gasteiger partial charge on any atom is 0.192 e. The summed E-state index contributed by atoms with van der Waals surface area (Å²) in [6, 6.07) is 18.2. The van der Waals surface area contributed by atoms with Crippen molar-refractivity contribution in [2.24, 2.45) is 0 Å². The Balaban J connectivity index is 1.56. The molecule has 30 heavy (non-hydrogen) atoms. The third-order valence-electron chi connectivity index (χ3n) is 4.70. The number of para-hydroxylation sites is 1. The van der Waals surface area contributed by atoms with Crippen LogP contribution in [-0.2, 0) is 18.8 Å². The summed E-state index contributed by atoms with van der Waals surface area (Å²) in [5.41, 5.74) is 2.15. The molecule has 0 aliphatic heterocycles. The molecule has 0 spiro atoms. The van der Waals surface area contributed by atoms with Gasteiger partial charge in [-0.05, 0) is 17.7 Å². The van der Waals surface area contributed by atoms with Gasteiger partial charge in [-0.3, -0.25) is 4.57 Å². The zero-order chi connectivity index (χ0) is 20.8. The van der Waals surface area contributed by atoms with Gasteiger partial charge in [-0.2, -0.15) is 0 Å². The molecular weight excluding hydrogens is 394 g/mol. The summed E-state index contributed by atoms with van der Waals surface area (Å²) in [6.45, 7) is 5.30. The molecular formula is C23H23N5OS. The van der Waals surface area contributed by atoms with Crippen molar-refractivity contribution in [1.29, 1.82) is 0 Å². The average Bonchev–Trinajstić information content (AvgIpc) is 3.40. The van der Waals surface area contributed by atoms with E-state index in [-0.39, 0.29) is 0 Å². The van der Waals surface area contributed by atoms with E-state index in [1.165, 1.54) is 5.56 Å². The lowest BCUT2D eigenvalue weighted by molar-refractivity contribution is 0.416. The second-order valence-corrected chi connectivity index (χ2v) is 7.59. The first-order chi connectivity index (χ1) is 14.8. The van der Waals surface area contributed by atoms with Crippen LogP contribution in [0, 0.1) is 0 Å². The largest absolute Gasteiger partial charge is 0.496 e. The van der Waals surface area contributed by atoms with E-state index in [0.717, 1.165) is 34.7 Å². The molecule has 0 bridgehead atoms. The van der Waals surface area contributed by atoms with Crippen molar-refractivity contribution in [3.63, 3.8) is 0 Å². The Morgan fingerprint density at radius 1 is 1.07 bits per heavy atom. The minimum atomic E-state index is 0.612. The first kappa shape index (κ1) is 20.0. The fraction of sp³-hybridized carbons (Fsp3) is 0.174. The van der Waals surface area contributed by atoms with Gasteiger partial charge in [0.1, 0.15) is 11.6 Å². The number of aromatic nitrogens is 5. The second-order valence-electron chi connectivity index (χ2n) is 6.65. The molecule has 0 saturated heterocycles. The maximum absolute atomic E-state index is 5.51. The van der Waals surface area contributed by atoms with Gasteiger partial charge in [0.2, 0.25) is 0 Å². The van der Waals surface area contributed by atoms with E-state index >= 15 is 0 Å². The summed E-state index contributed by atoms with van der Waals surface area (Å²) in [7, 11) is 1.66. The van der Waals surface area contributed by atoms with Crippen LogP contribution >= 0.6 is 11.8 Å². The fourth-order valence-electron chi connectivity index (χ4n) is 3.25. The Morgan fingerprint density at radius 3 is 2.67 bits per heavy atom. The van der Waals surface area contributed by atoms with Crippen LogP contribution < -0.4 is 4.74 Å². The number of hydrogen-bond acceptors (Lipinski definition) is 5. The van der Waals surface area contributed by atoms with Gasteiger partial charge in [-0.1, -0.05) is 60.3 Å². The zero-order valence-corrected chi connectivity index (χ0v) is 17.6. The van der Waals surface area contributed by atoms with Crippen LogP contribution in [0.5, 0.6) is 5.75 Å². The minimum absolute atomic E-state index is 0.612. The maximum atomic E-state index is 5.51. The Bertz CT molecular complexity index is 1120. The van der Waals surface area contributed by atoms with Crippen LogP contribution in [0.4, 0.5) is 0 Å². The predicted octanol–water partition coefficient (Wildman–Crippen LogP) is 4.68. The van der Waals surface area contributed by atoms with Crippen molar-refractivity contribution in [2.75, 3.05) is 7.11 Å². The number of rotatable bonds is 9. The molecule has 0 saturated carbocycles.